The van der Waals surface area contributed by atoms with Crippen LogP contribution in [0.25, 0.3) is 90.9 Å². The summed E-state index contributed by atoms with van der Waals surface area (Å²) in [6, 6.07) is 29.0. The second kappa shape index (κ2) is 14.9. The van der Waals surface area contributed by atoms with Gasteiger partial charge in [0.25, 0.3) is 0 Å². The zero-order chi connectivity index (χ0) is 41.4. The normalized spacial score (nSPS) is 12.2. The molecule has 4 nitrogen and oxygen atoms in total. The topological polar surface area (TPSA) is 57.4 Å². The van der Waals surface area contributed by atoms with E-state index < -0.39 is 0 Å². The van der Waals surface area contributed by atoms with Crippen molar-refractivity contribution in [2.45, 2.75) is 62.3 Å². The van der Waals surface area contributed by atoms with Crippen LogP contribution in [0.5, 0.6) is 0 Å². The number of aryl methyl sites for hydroxylation is 9. The Morgan fingerprint density at radius 3 is 0.864 bits per heavy atom. The van der Waals surface area contributed by atoms with E-state index in [4.69, 9.17) is 9.97 Å². The van der Waals surface area contributed by atoms with E-state index in [0.29, 0.717) is 0 Å². The number of nitrogens with zero attached hydrogens (tertiary/aromatic N) is 2. The van der Waals surface area contributed by atoms with Gasteiger partial charge in [0.15, 0.2) is 0 Å². The average Bonchev–Trinajstić information content (AvgIpc) is 3.99. The highest BCUT2D eigenvalue weighted by atomic mass is 31.0. The molecule has 0 aliphatic carbocycles. The molecular weight excluding hydrogens is 755 g/mol. The zero-order valence-corrected chi connectivity index (χ0v) is 37.7. The maximum Gasteiger partial charge on any atom is 0.0737 e. The van der Waals surface area contributed by atoms with Crippen molar-refractivity contribution in [1.82, 2.24) is 19.9 Å². The van der Waals surface area contributed by atoms with Crippen molar-refractivity contribution in [2.75, 3.05) is 0 Å². The van der Waals surface area contributed by atoms with E-state index in [1.807, 2.05) is 0 Å². The van der Waals surface area contributed by atoms with E-state index in [-0.39, 0.29) is 0 Å². The lowest BCUT2D eigenvalue weighted by Crippen LogP contribution is -2.09. The molecule has 0 amide bonds. The fourth-order valence-corrected chi connectivity index (χ4v) is 10.9. The molecule has 8 bridgehead atoms. The first kappa shape index (κ1) is 38.8. The van der Waals surface area contributed by atoms with Gasteiger partial charge < -0.3 is 9.97 Å². The zero-order valence-electron chi connectivity index (χ0n) is 35.4. The molecule has 6 heteroatoms. The highest BCUT2D eigenvalue weighted by molar-refractivity contribution is 7.30. The number of fused-ring (bicyclic) bond motifs is 8. The Morgan fingerprint density at radius 2 is 0.593 bits per heavy atom. The van der Waals surface area contributed by atoms with Crippen LogP contribution in [-0.2, 0) is 0 Å². The molecule has 7 aromatic rings. The fraction of sp³-hybridized carbons (Fsp3) is 0.170. The number of nitrogens with one attached hydrogen (secondary N) is 2. The smallest absolute Gasteiger partial charge is 0.0737 e. The number of H-pyrrole nitrogens is 2. The third kappa shape index (κ3) is 6.73. The Labute approximate surface area is 352 Å². The van der Waals surface area contributed by atoms with Crippen molar-refractivity contribution in [3.05, 3.63) is 152 Å². The van der Waals surface area contributed by atoms with Gasteiger partial charge in [0.1, 0.15) is 0 Å². The standard InChI is InChI=1S/C53H50N4P2/c1-27-21-30(4)46(31(5)22-27)49-36-13-15-38(54-36)50(47-32(6)23-28(2)24-33(47)7)40-17-19-42(56-40)52(53-44(58)11-10-12-45(53)59)43-20-18-41(57-43)51(39-16-14-37(49)55-39)48-34(8)25-29(3)26-35(48)9/h10-26,54,57H,58-59H2,1-9H3. The minimum Gasteiger partial charge on any atom is -0.354 e. The molecule has 5 heterocycles. The third-order valence-electron chi connectivity index (χ3n) is 11.9. The number of rotatable bonds is 4. The monoisotopic (exact) mass is 804 g/mol. The van der Waals surface area contributed by atoms with Crippen LogP contribution in [0.15, 0.2) is 78.9 Å². The maximum atomic E-state index is 5.62. The minimum absolute atomic E-state index is 0.905. The Bertz CT molecular complexity index is 3030. The van der Waals surface area contributed by atoms with E-state index in [9.17, 15) is 0 Å². The summed E-state index contributed by atoms with van der Waals surface area (Å²) >= 11 is 0. The molecule has 9 rings (SSSR count). The SMILES string of the molecule is Cc1cc(C)c(-c2c3nc(c(-c4c(C)cc(C)cc4C)c4ccc([nH]4)c(-c4c(P)cccc4P)c4nc(c(-c5c(C)cc(C)cc5C)c5ccc2[nH]5)C=C4)C=C3)c(C)c1. The third-order valence-corrected chi connectivity index (χ3v) is 12.9. The van der Waals surface area contributed by atoms with Crippen molar-refractivity contribution in [1.29, 1.82) is 0 Å². The van der Waals surface area contributed by atoms with Crippen molar-refractivity contribution in [3.63, 3.8) is 0 Å². The van der Waals surface area contributed by atoms with Gasteiger partial charge in [0.05, 0.1) is 22.8 Å². The van der Waals surface area contributed by atoms with Gasteiger partial charge in [-0.05, 0) is 172 Å². The average molecular weight is 805 g/mol. The summed E-state index contributed by atoms with van der Waals surface area (Å²) in [7, 11) is 5.95. The van der Waals surface area contributed by atoms with Gasteiger partial charge >= 0.3 is 0 Å². The first-order valence-electron chi connectivity index (χ1n) is 20.3. The van der Waals surface area contributed by atoms with Gasteiger partial charge in [-0.25, -0.2) is 9.97 Å². The van der Waals surface area contributed by atoms with Gasteiger partial charge in [-0.2, -0.15) is 0 Å². The lowest BCUT2D eigenvalue weighted by molar-refractivity contribution is 1.27. The number of aromatic amines is 2. The highest BCUT2D eigenvalue weighted by Gasteiger charge is 2.23. The van der Waals surface area contributed by atoms with Crippen LogP contribution >= 0.6 is 18.5 Å². The predicted molar refractivity (Wildman–Crippen MR) is 262 cm³/mol. The van der Waals surface area contributed by atoms with Gasteiger partial charge in [-0.3, -0.25) is 0 Å². The summed E-state index contributed by atoms with van der Waals surface area (Å²) in [5.74, 6) is 0. The van der Waals surface area contributed by atoms with Gasteiger partial charge in [0.2, 0.25) is 0 Å². The minimum atomic E-state index is 0.905. The van der Waals surface area contributed by atoms with Crippen LogP contribution in [-0.4, -0.2) is 19.9 Å². The number of aromatic nitrogens is 4. The van der Waals surface area contributed by atoms with Crippen LogP contribution < -0.4 is 10.6 Å². The molecule has 59 heavy (non-hydrogen) atoms. The molecule has 292 valence electrons. The summed E-state index contributed by atoms with van der Waals surface area (Å²) in [6.45, 7) is 19.8. The van der Waals surface area contributed by atoms with E-state index >= 15 is 0 Å². The lowest BCUT2D eigenvalue weighted by atomic mass is 9.92. The summed E-state index contributed by atoms with van der Waals surface area (Å²) < 4.78 is 0. The second-order valence-corrected chi connectivity index (χ2v) is 17.9. The fourth-order valence-electron chi connectivity index (χ4n) is 9.86. The molecule has 2 aliphatic rings. The molecule has 4 aromatic carbocycles. The maximum absolute atomic E-state index is 5.62. The lowest BCUT2D eigenvalue weighted by Gasteiger charge is -2.14. The molecule has 0 radical (unpaired) electrons. The van der Waals surface area contributed by atoms with Crippen LogP contribution in [0, 0.1) is 62.3 Å². The highest BCUT2D eigenvalue weighted by Crippen LogP contribution is 2.42. The Balaban J connectivity index is 1.54. The van der Waals surface area contributed by atoms with Crippen LogP contribution in [0.2, 0.25) is 0 Å². The molecule has 0 saturated carbocycles. The van der Waals surface area contributed by atoms with Crippen LogP contribution in [0.3, 0.4) is 0 Å². The van der Waals surface area contributed by atoms with Crippen LogP contribution in [0.1, 0.15) is 72.8 Å². The molecule has 0 fully saturated rings. The molecule has 2 N–H and O–H groups in total. The Morgan fingerprint density at radius 1 is 0.339 bits per heavy atom. The van der Waals surface area contributed by atoms with Crippen molar-refractivity contribution < 1.29 is 0 Å². The largest absolute Gasteiger partial charge is 0.354 e. The summed E-state index contributed by atoms with van der Waals surface area (Å²) in [6.07, 6.45) is 8.79. The predicted octanol–water partition coefficient (Wildman–Crippen LogP) is 13.1. The Kier molecular flexibility index (Phi) is 9.78. The quantitative estimate of drug-likeness (QED) is 0.174. The van der Waals surface area contributed by atoms with Gasteiger partial charge in [-0.15, -0.1) is 18.5 Å². The van der Waals surface area contributed by atoms with E-state index in [0.717, 1.165) is 83.3 Å². The van der Waals surface area contributed by atoms with Gasteiger partial charge in [-0.1, -0.05) is 71.3 Å². The molecular formula is C53H50N4P2. The second-order valence-electron chi connectivity index (χ2n) is 16.6. The van der Waals surface area contributed by atoms with Crippen LogP contribution in [0.4, 0.5) is 0 Å². The number of hydrogen-bond acceptors (Lipinski definition) is 2. The molecule has 3 aromatic heterocycles. The Hall–Kier alpha value is -5.66. The molecule has 0 spiro atoms. The number of hydrogen-bond donors (Lipinski definition) is 2. The first-order valence-corrected chi connectivity index (χ1v) is 21.5. The van der Waals surface area contributed by atoms with E-state index in [1.54, 1.807) is 0 Å². The molecule has 2 atom stereocenters. The van der Waals surface area contributed by atoms with Crippen molar-refractivity contribution in [2.24, 2.45) is 0 Å². The van der Waals surface area contributed by atoms with Gasteiger partial charge in [0, 0.05) is 49.9 Å². The van der Waals surface area contributed by atoms with E-state index in [1.165, 1.54) is 66.8 Å². The molecule has 2 unspecified atom stereocenters. The summed E-state index contributed by atoms with van der Waals surface area (Å²) in [5, 5.41) is 2.21. The van der Waals surface area contributed by atoms with Crippen molar-refractivity contribution >= 4 is 75.5 Å². The summed E-state index contributed by atoms with van der Waals surface area (Å²) in [4.78, 5) is 19.1. The number of benzene rings is 4. The molecule has 2 aliphatic heterocycles. The van der Waals surface area contributed by atoms with Crippen molar-refractivity contribution in [3.8, 4) is 44.5 Å². The summed E-state index contributed by atoms with van der Waals surface area (Å²) in [5.41, 5.74) is 27.7. The molecule has 0 saturated heterocycles. The first-order chi connectivity index (χ1) is 28.3. The van der Waals surface area contributed by atoms with E-state index in [2.05, 4.69) is 194 Å².